The Hall–Kier alpha value is -2.08. The quantitative estimate of drug-likeness (QED) is 0.795. The van der Waals surface area contributed by atoms with Gasteiger partial charge in [-0.15, -0.1) is 0 Å². The molecule has 6 nitrogen and oxygen atoms in total. The van der Waals surface area contributed by atoms with Crippen molar-refractivity contribution >= 4 is 29.6 Å². The number of carbonyl (C=O) groups is 2. The van der Waals surface area contributed by atoms with Crippen molar-refractivity contribution in [2.45, 2.75) is 5.54 Å². The molecule has 0 aromatic carbocycles. The van der Waals surface area contributed by atoms with Crippen LogP contribution in [-0.4, -0.2) is 33.0 Å². The second kappa shape index (κ2) is 4.06. The lowest BCUT2D eigenvalue weighted by molar-refractivity contribution is -0.151. The number of hydrogen-bond acceptors (Lipinski definition) is 5. The number of hydrogen-bond donors (Lipinski definition) is 1. The number of aliphatic imine (C=N–C) groups is 1. The van der Waals surface area contributed by atoms with Gasteiger partial charge >= 0.3 is 5.97 Å². The summed E-state index contributed by atoms with van der Waals surface area (Å²) in [5.41, 5.74) is -1.50. The predicted octanol–water partition coefficient (Wildman–Crippen LogP) is 0.620. The Labute approximate surface area is 101 Å². The minimum Gasteiger partial charge on any atom is -0.475 e. The highest BCUT2D eigenvalue weighted by Crippen LogP contribution is 2.29. The van der Waals surface area contributed by atoms with E-state index in [1.807, 2.05) is 0 Å². The van der Waals surface area contributed by atoms with Crippen LogP contribution in [0.2, 0.25) is 5.15 Å². The third-order valence-corrected chi connectivity index (χ3v) is 2.45. The molecule has 7 heteroatoms. The minimum absolute atomic E-state index is 0.124. The Balaban J connectivity index is 2.53. The van der Waals surface area contributed by atoms with Gasteiger partial charge in [0.15, 0.2) is 5.54 Å². The molecule has 0 bridgehead atoms. The third-order valence-electron chi connectivity index (χ3n) is 2.25. The molecule has 1 unspecified atom stereocenters. The van der Waals surface area contributed by atoms with E-state index in [1.54, 1.807) is 0 Å². The Kier molecular flexibility index (Phi) is 2.72. The molecule has 1 aliphatic rings. The van der Waals surface area contributed by atoms with Gasteiger partial charge in [0, 0.05) is 6.21 Å². The number of halogens is 1. The summed E-state index contributed by atoms with van der Waals surface area (Å²) in [6, 6.07) is 0. The van der Waals surface area contributed by atoms with Gasteiger partial charge in [-0.25, -0.2) is 9.78 Å². The monoisotopic (exact) mass is 251 g/mol. The van der Waals surface area contributed by atoms with Crippen LogP contribution in [0.4, 0.5) is 0 Å². The lowest BCUT2D eigenvalue weighted by Crippen LogP contribution is -2.37. The molecule has 1 aromatic rings. The number of carbonyl (C=O) groups excluding carboxylic acids is 1. The maximum absolute atomic E-state index is 11.7. The lowest BCUT2D eigenvalue weighted by Gasteiger charge is -2.19. The summed E-state index contributed by atoms with van der Waals surface area (Å²) in [7, 11) is 0. The highest BCUT2D eigenvalue weighted by atomic mass is 35.5. The van der Waals surface area contributed by atoms with Crippen LogP contribution in [0.25, 0.3) is 0 Å². The molecule has 0 radical (unpaired) electrons. The van der Waals surface area contributed by atoms with Gasteiger partial charge in [0.05, 0.1) is 18.1 Å². The zero-order chi connectivity index (χ0) is 12.5. The summed E-state index contributed by atoms with van der Waals surface area (Å²) in [6.45, 7) is 0. The molecule has 17 heavy (non-hydrogen) atoms. The molecule has 2 heterocycles. The standard InChI is InChI=1S/C10H6ClN3O3/c11-7-5-12-6(4-13-7)10(2-1-3-14-10)8(15)9(16)17/h1-5H,(H,16,17). The molecule has 0 spiro atoms. The molecule has 2 rings (SSSR count). The van der Waals surface area contributed by atoms with Crippen molar-refractivity contribution in [2.75, 3.05) is 0 Å². The number of nitrogens with zero attached hydrogens (tertiary/aromatic N) is 3. The zero-order valence-electron chi connectivity index (χ0n) is 8.37. The Bertz CT molecular complexity index is 524. The van der Waals surface area contributed by atoms with Crippen molar-refractivity contribution in [1.82, 2.24) is 9.97 Å². The average molecular weight is 252 g/mol. The van der Waals surface area contributed by atoms with E-state index >= 15 is 0 Å². The van der Waals surface area contributed by atoms with Crippen LogP contribution in [0.1, 0.15) is 5.69 Å². The summed E-state index contributed by atoms with van der Waals surface area (Å²) in [6.07, 6.45) is 6.65. The molecule has 1 atom stereocenters. The molecule has 1 aromatic heterocycles. The van der Waals surface area contributed by atoms with E-state index in [9.17, 15) is 9.59 Å². The van der Waals surface area contributed by atoms with Crippen LogP contribution in [0.15, 0.2) is 29.5 Å². The largest absolute Gasteiger partial charge is 0.475 e. The van der Waals surface area contributed by atoms with E-state index in [0.29, 0.717) is 0 Å². The zero-order valence-corrected chi connectivity index (χ0v) is 9.13. The molecule has 86 valence electrons. The number of ketones is 1. The number of aromatic nitrogens is 2. The molecule has 1 aliphatic heterocycles. The maximum Gasteiger partial charge on any atom is 0.375 e. The van der Waals surface area contributed by atoms with Crippen molar-refractivity contribution < 1.29 is 14.7 Å². The molecular weight excluding hydrogens is 246 g/mol. The summed E-state index contributed by atoms with van der Waals surface area (Å²) >= 11 is 5.57. The summed E-state index contributed by atoms with van der Waals surface area (Å²) < 4.78 is 0. The van der Waals surface area contributed by atoms with E-state index in [0.717, 1.165) is 0 Å². The predicted molar refractivity (Wildman–Crippen MR) is 59.0 cm³/mol. The second-order valence-electron chi connectivity index (χ2n) is 3.26. The van der Waals surface area contributed by atoms with Crippen LogP contribution in [0, 0.1) is 0 Å². The van der Waals surface area contributed by atoms with Crippen molar-refractivity contribution in [2.24, 2.45) is 4.99 Å². The van der Waals surface area contributed by atoms with Gasteiger partial charge in [-0.1, -0.05) is 11.6 Å². The van der Waals surface area contributed by atoms with Gasteiger partial charge in [0.1, 0.15) is 5.15 Å². The normalized spacial score (nSPS) is 21.7. The first-order chi connectivity index (χ1) is 8.06. The highest BCUT2D eigenvalue weighted by Gasteiger charge is 2.44. The third kappa shape index (κ3) is 1.83. The topological polar surface area (TPSA) is 92.5 Å². The van der Waals surface area contributed by atoms with Crippen LogP contribution >= 0.6 is 11.6 Å². The smallest absolute Gasteiger partial charge is 0.375 e. The van der Waals surface area contributed by atoms with E-state index in [2.05, 4.69) is 15.0 Å². The Morgan fingerprint density at radius 2 is 2.06 bits per heavy atom. The van der Waals surface area contributed by atoms with Crippen LogP contribution in [0.3, 0.4) is 0 Å². The Morgan fingerprint density at radius 3 is 2.53 bits per heavy atom. The van der Waals surface area contributed by atoms with Gasteiger partial charge in [0.2, 0.25) is 0 Å². The van der Waals surface area contributed by atoms with Gasteiger partial charge < -0.3 is 5.11 Å². The highest BCUT2D eigenvalue weighted by molar-refractivity contribution is 6.37. The van der Waals surface area contributed by atoms with Crippen LogP contribution in [-0.2, 0) is 15.1 Å². The van der Waals surface area contributed by atoms with Crippen molar-refractivity contribution in [3.8, 4) is 0 Å². The summed E-state index contributed by atoms with van der Waals surface area (Å²) in [5.74, 6) is -2.66. The van der Waals surface area contributed by atoms with Gasteiger partial charge in [-0.05, 0) is 12.2 Å². The van der Waals surface area contributed by atoms with Crippen LogP contribution in [0.5, 0.6) is 0 Å². The molecule has 0 fully saturated rings. The van der Waals surface area contributed by atoms with E-state index in [-0.39, 0.29) is 10.8 Å². The van der Waals surface area contributed by atoms with Crippen molar-refractivity contribution in [3.05, 3.63) is 35.4 Å². The first-order valence-corrected chi connectivity index (χ1v) is 4.93. The van der Waals surface area contributed by atoms with Crippen molar-refractivity contribution in [1.29, 1.82) is 0 Å². The number of Topliss-reactive ketones (excluding diaryl/α,β-unsaturated/α-hetero) is 1. The molecule has 0 aliphatic carbocycles. The summed E-state index contributed by atoms with van der Waals surface area (Å²) in [4.78, 5) is 34.0. The molecule has 1 N–H and O–H groups in total. The van der Waals surface area contributed by atoms with E-state index in [1.165, 1.54) is 30.8 Å². The molecule has 0 saturated heterocycles. The number of allylic oxidation sites excluding steroid dienone is 1. The fourth-order valence-corrected chi connectivity index (χ4v) is 1.56. The second-order valence-corrected chi connectivity index (χ2v) is 3.65. The SMILES string of the molecule is O=C(O)C(=O)C1(c2cnc(Cl)cn2)C=CC=N1. The van der Waals surface area contributed by atoms with E-state index < -0.39 is 17.3 Å². The summed E-state index contributed by atoms with van der Waals surface area (Å²) in [5, 5.41) is 8.94. The number of carboxylic acid groups (broad SMARTS) is 1. The number of rotatable bonds is 3. The Morgan fingerprint density at radius 1 is 1.29 bits per heavy atom. The average Bonchev–Trinajstić information content (AvgIpc) is 2.79. The van der Waals surface area contributed by atoms with Gasteiger partial charge in [-0.2, -0.15) is 0 Å². The van der Waals surface area contributed by atoms with Gasteiger partial charge in [0.25, 0.3) is 5.78 Å². The molecular formula is C10H6ClN3O3. The van der Waals surface area contributed by atoms with Crippen molar-refractivity contribution in [3.63, 3.8) is 0 Å². The molecule has 0 saturated carbocycles. The van der Waals surface area contributed by atoms with Crippen LogP contribution < -0.4 is 0 Å². The lowest BCUT2D eigenvalue weighted by atomic mass is 9.91. The first kappa shape index (κ1) is 11.4. The minimum atomic E-state index is -1.62. The number of carboxylic acids is 1. The van der Waals surface area contributed by atoms with E-state index in [4.69, 9.17) is 16.7 Å². The van der Waals surface area contributed by atoms with Gasteiger partial charge in [-0.3, -0.25) is 14.8 Å². The fourth-order valence-electron chi connectivity index (χ4n) is 1.46. The first-order valence-electron chi connectivity index (χ1n) is 4.55. The maximum atomic E-state index is 11.7. The number of aliphatic carboxylic acids is 1. The molecule has 0 amide bonds. The fraction of sp³-hybridized carbons (Fsp3) is 0.100.